The second-order valence-corrected chi connectivity index (χ2v) is 6.42. The Labute approximate surface area is 194 Å². The first kappa shape index (κ1) is 23.7. The van der Waals surface area contributed by atoms with Crippen LogP contribution in [-0.4, -0.2) is 47.9 Å². The maximum Gasteiger partial charge on any atom is 0.191 e. The summed E-state index contributed by atoms with van der Waals surface area (Å²) in [6, 6.07) is 11.9. The number of nitrogens with zero attached hydrogens (tertiary/aromatic N) is 4. The molecule has 0 radical (unpaired) electrons. The Morgan fingerprint density at radius 1 is 1.13 bits per heavy atom. The van der Waals surface area contributed by atoms with Gasteiger partial charge in [0, 0.05) is 19.8 Å². The Balaban J connectivity index is 0.00000320. The molecule has 2 N–H and O–H groups in total. The van der Waals surface area contributed by atoms with Crippen LogP contribution in [0.5, 0.6) is 11.5 Å². The van der Waals surface area contributed by atoms with Gasteiger partial charge in [-0.15, -0.1) is 34.2 Å². The van der Waals surface area contributed by atoms with E-state index in [0.717, 1.165) is 48.3 Å². The van der Waals surface area contributed by atoms with Gasteiger partial charge >= 0.3 is 0 Å². The number of nitrogens with one attached hydrogen (secondary N) is 2. The standard InChI is InChI=1S/C21H28N6O2.HI/c1-4-29-18-14-16(10-11-17(18)28-3)8-7-12-23-21(22-2)24-15-20-26-25-19-9-5-6-13-27(19)20;/h5-6,9-11,13-14H,4,7-8,12,15H2,1-3H3,(H2,22,23,24);1H. The van der Waals surface area contributed by atoms with Gasteiger partial charge < -0.3 is 20.1 Å². The molecule has 162 valence electrons. The van der Waals surface area contributed by atoms with Crippen LogP contribution in [0.3, 0.4) is 0 Å². The van der Waals surface area contributed by atoms with E-state index in [-0.39, 0.29) is 24.0 Å². The van der Waals surface area contributed by atoms with E-state index in [2.05, 4.69) is 31.9 Å². The lowest BCUT2D eigenvalue weighted by molar-refractivity contribution is 0.310. The number of benzene rings is 1. The number of hydrogen-bond donors (Lipinski definition) is 2. The molecular formula is C21H29IN6O2. The number of guanidine groups is 1. The van der Waals surface area contributed by atoms with Gasteiger partial charge in [-0.05, 0) is 49.6 Å². The highest BCUT2D eigenvalue weighted by molar-refractivity contribution is 14.0. The molecule has 0 unspecified atom stereocenters. The molecule has 0 atom stereocenters. The summed E-state index contributed by atoms with van der Waals surface area (Å²) in [4.78, 5) is 4.27. The minimum absolute atomic E-state index is 0. The predicted octanol–water partition coefficient (Wildman–Crippen LogP) is 3.05. The highest BCUT2D eigenvalue weighted by atomic mass is 127. The molecule has 3 rings (SSSR count). The lowest BCUT2D eigenvalue weighted by Crippen LogP contribution is -2.37. The van der Waals surface area contributed by atoms with Crippen LogP contribution in [0.1, 0.15) is 24.7 Å². The van der Waals surface area contributed by atoms with Crippen LogP contribution >= 0.6 is 24.0 Å². The molecule has 0 aliphatic rings. The topological polar surface area (TPSA) is 85.1 Å². The summed E-state index contributed by atoms with van der Waals surface area (Å²) in [5.74, 6) is 3.13. The fourth-order valence-electron chi connectivity index (χ4n) is 3.04. The number of aryl methyl sites for hydroxylation is 1. The maximum absolute atomic E-state index is 5.65. The van der Waals surface area contributed by atoms with Crippen LogP contribution in [-0.2, 0) is 13.0 Å². The largest absolute Gasteiger partial charge is 0.493 e. The zero-order chi connectivity index (χ0) is 20.5. The van der Waals surface area contributed by atoms with Gasteiger partial charge in [-0.1, -0.05) is 12.1 Å². The molecule has 9 heteroatoms. The SMILES string of the molecule is CCOc1cc(CCCNC(=NC)NCc2nnc3ccccn23)ccc1OC.I. The highest BCUT2D eigenvalue weighted by Crippen LogP contribution is 2.28. The molecule has 0 aliphatic carbocycles. The Morgan fingerprint density at radius 3 is 2.77 bits per heavy atom. The Hall–Kier alpha value is -2.56. The molecule has 30 heavy (non-hydrogen) atoms. The van der Waals surface area contributed by atoms with Gasteiger partial charge in [-0.3, -0.25) is 9.39 Å². The van der Waals surface area contributed by atoms with E-state index in [1.54, 1.807) is 14.2 Å². The quantitative estimate of drug-likeness (QED) is 0.194. The van der Waals surface area contributed by atoms with Crippen LogP contribution in [0.15, 0.2) is 47.6 Å². The van der Waals surface area contributed by atoms with E-state index in [9.17, 15) is 0 Å². The van der Waals surface area contributed by atoms with E-state index < -0.39 is 0 Å². The lowest BCUT2D eigenvalue weighted by atomic mass is 10.1. The van der Waals surface area contributed by atoms with Crippen LogP contribution < -0.4 is 20.1 Å². The Morgan fingerprint density at radius 2 is 2.00 bits per heavy atom. The number of fused-ring (bicyclic) bond motifs is 1. The summed E-state index contributed by atoms with van der Waals surface area (Å²) < 4.78 is 12.9. The van der Waals surface area contributed by atoms with Gasteiger partial charge in [0.15, 0.2) is 28.9 Å². The monoisotopic (exact) mass is 524 g/mol. The predicted molar refractivity (Wildman–Crippen MR) is 129 cm³/mol. The summed E-state index contributed by atoms with van der Waals surface area (Å²) >= 11 is 0. The van der Waals surface area contributed by atoms with Gasteiger partial charge in [0.2, 0.25) is 0 Å². The fourth-order valence-corrected chi connectivity index (χ4v) is 3.04. The summed E-state index contributed by atoms with van der Waals surface area (Å²) in [6.07, 6.45) is 3.85. The van der Waals surface area contributed by atoms with Gasteiger partial charge in [0.25, 0.3) is 0 Å². The number of aliphatic imine (C=N–C) groups is 1. The molecule has 0 bridgehead atoms. The van der Waals surface area contributed by atoms with Crippen molar-refractivity contribution in [2.24, 2.45) is 4.99 Å². The van der Waals surface area contributed by atoms with E-state index in [1.807, 2.05) is 47.9 Å². The van der Waals surface area contributed by atoms with Crippen molar-refractivity contribution in [3.05, 3.63) is 54.0 Å². The summed E-state index contributed by atoms with van der Waals surface area (Å²) in [5.41, 5.74) is 2.05. The smallest absolute Gasteiger partial charge is 0.191 e. The third kappa shape index (κ3) is 6.22. The first-order chi connectivity index (χ1) is 14.2. The van der Waals surface area contributed by atoms with Crippen molar-refractivity contribution in [2.45, 2.75) is 26.3 Å². The molecule has 0 aliphatic heterocycles. The average molecular weight is 524 g/mol. The molecule has 0 fully saturated rings. The second-order valence-electron chi connectivity index (χ2n) is 6.42. The zero-order valence-corrected chi connectivity index (χ0v) is 19.9. The number of ether oxygens (including phenoxy) is 2. The molecule has 8 nitrogen and oxygen atoms in total. The second kappa shape index (κ2) is 12.2. The number of aromatic nitrogens is 3. The summed E-state index contributed by atoms with van der Waals surface area (Å²) in [7, 11) is 3.41. The van der Waals surface area contributed by atoms with Crippen LogP contribution in [0.4, 0.5) is 0 Å². The van der Waals surface area contributed by atoms with E-state index in [1.165, 1.54) is 5.56 Å². The van der Waals surface area contributed by atoms with E-state index in [0.29, 0.717) is 13.2 Å². The van der Waals surface area contributed by atoms with Crippen LogP contribution in [0.2, 0.25) is 0 Å². The van der Waals surface area contributed by atoms with Gasteiger partial charge in [0.1, 0.15) is 0 Å². The van der Waals surface area contributed by atoms with Gasteiger partial charge in [-0.2, -0.15) is 0 Å². The van der Waals surface area contributed by atoms with Crippen molar-refractivity contribution >= 4 is 35.6 Å². The summed E-state index contributed by atoms with van der Waals surface area (Å²) in [6.45, 7) is 3.93. The lowest BCUT2D eigenvalue weighted by Gasteiger charge is -2.13. The molecule has 2 aromatic heterocycles. The van der Waals surface area contributed by atoms with Gasteiger partial charge in [0.05, 0.1) is 20.3 Å². The normalized spacial score (nSPS) is 11.1. The molecule has 3 aromatic rings. The summed E-state index contributed by atoms with van der Waals surface area (Å²) in [5, 5.41) is 15.0. The average Bonchev–Trinajstić information content (AvgIpc) is 3.17. The Bertz CT molecular complexity index is 960. The fraction of sp³-hybridized carbons (Fsp3) is 0.381. The first-order valence-electron chi connectivity index (χ1n) is 9.78. The van der Waals surface area contributed by atoms with Gasteiger partial charge in [-0.25, -0.2) is 0 Å². The molecule has 0 amide bonds. The highest BCUT2D eigenvalue weighted by Gasteiger charge is 2.07. The molecule has 0 saturated heterocycles. The van der Waals surface area contributed by atoms with Crippen molar-refractivity contribution in [3.63, 3.8) is 0 Å². The Kier molecular flexibility index (Phi) is 9.65. The van der Waals surface area contributed by atoms with Crippen LogP contribution in [0, 0.1) is 0 Å². The minimum atomic E-state index is 0. The number of halogens is 1. The van der Waals surface area contributed by atoms with Crippen molar-refractivity contribution < 1.29 is 9.47 Å². The third-order valence-corrected chi connectivity index (χ3v) is 4.48. The zero-order valence-electron chi connectivity index (χ0n) is 17.6. The first-order valence-corrected chi connectivity index (χ1v) is 9.78. The number of hydrogen-bond acceptors (Lipinski definition) is 5. The molecule has 2 heterocycles. The van der Waals surface area contributed by atoms with E-state index in [4.69, 9.17) is 9.47 Å². The molecule has 0 spiro atoms. The minimum Gasteiger partial charge on any atom is -0.493 e. The number of methoxy groups -OCH3 is 1. The third-order valence-electron chi connectivity index (χ3n) is 4.48. The van der Waals surface area contributed by atoms with Crippen LogP contribution in [0.25, 0.3) is 5.65 Å². The van der Waals surface area contributed by atoms with Crippen molar-refractivity contribution in [1.82, 2.24) is 25.2 Å². The molecular weight excluding hydrogens is 495 g/mol. The molecule has 0 saturated carbocycles. The maximum atomic E-state index is 5.65. The van der Waals surface area contributed by atoms with Crippen molar-refractivity contribution in [3.8, 4) is 11.5 Å². The van der Waals surface area contributed by atoms with Crippen molar-refractivity contribution in [2.75, 3.05) is 27.3 Å². The number of pyridine rings is 1. The molecule has 1 aromatic carbocycles. The van der Waals surface area contributed by atoms with Crippen molar-refractivity contribution in [1.29, 1.82) is 0 Å². The number of rotatable bonds is 9. The van der Waals surface area contributed by atoms with E-state index >= 15 is 0 Å².